The Balaban J connectivity index is 1.65. The van der Waals surface area contributed by atoms with Gasteiger partial charge in [0.2, 0.25) is 0 Å². The third kappa shape index (κ3) is 4.53. The summed E-state index contributed by atoms with van der Waals surface area (Å²) in [4.78, 5) is 23.8. The summed E-state index contributed by atoms with van der Waals surface area (Å²) in [6, 6.07) is 11.8. The lowest BCUT2D eigenvalue weighted by atomic mass is 10.2. The van der Waals surface area contributed by atoms with Crippen LogP contribution in [0.4, 0.5) is 14.5 Å². The minimum atomic E-state index is -0.715. The van der Waals surface area contributed by atoms with Crippen molar-refractivity contribution in [2.75, 3.05) is 12.4 Å². The van der Waals surface area contributed by atoms with Gasteiger partial charge in [0.1, 0.15) is 29.8 Å². The Morgan fingerprint density at radius 3 is 2.50 bits per heavy atom. The van der Waals surface area contributed by atoms with Crippen molar-refractivity contribution in [1.82, 2.24) is 0 Å². The highest BCUT2D eigenvalue weighted by Crippen LogP contribution is 2.19. The van der Waals surface area contributed by atoms with Crippen LogP contribution in [0, 0.1) is 11.6 Å². The molecule has 28 heavy (non-hydrogen) atoms. The van der Waals surface area contributed by atoms with Gasteiger partial charge in [0.05, 0.1) is 18.4 Å². The second-order valence-electron chi connectivity index (χ2n) is 5.65. The van der Waals surface area contributed by atoms with Gasteiger partial charge in [-0.3, -0.25) is 4.79 Å². The van der Waals surface area contributed by atoms with Crippen molar-refractivity contribution in [1.29, 1.82) is 0 Å². The van der Waals surface area contributed by atoms with Crippen LogP contribution in [0.15, 0.2) is 59.0 Å². The van der Waals surface area contributed by atoms with Crippen molar-refractivity contribution in [3.63, 3.8) is 0 Å². The van der Waals surface area contributed by atoms with E-state index in [9.17, 15) is 18.4 Å². The molecule has 6 nitrogen and oxygen atoms in total. The zero-order valence-electron chi connectivity index (χ0n) is 14.7. The number of nitrogens with one attached hydrogen (secondary N) is 1. The summed E-state index contributed by atoms with van der Waals surface area (Å²) < 4.78 is 42.2. The fourth-order valence-corrected chi connectivity index (χ4v) is 2.31. The first-order valence-corrected chi connectivity index (χ1v) is 8.12. The van der Waals surface area contributed by atoms with E-state index in [0.29, 0.717) is 11.5 Å². The maximum Gasteiger partial charge on any atom is 0.337 e. The molecule has 0 aliphatic carbocycles. The number of benzene rings is 2. The Kier molecular flexibility index (Phi) is 5.69. The molecule has 1 N–H and O–H groups in total. The molecular formula is C20H15F2NO5. The average molecular weight is 387 g/mol. The molecule has 0 atom stereocenters. The molecule has 0 fully saturated rings. The van der Waals surface area contributed by atoms with Crippen LogP contribution in [-0.2, 0) is 11.3 Å². The zero-order chi connectivity index (χ0) is 20.1. The van der Waals surface area contributed by atoms with Crippen LogP contribution in [0.2, 0.25) is 0 Å². The lowest BCUT2D eigenvalue weighted by molar-refractivity contribution is 0.0600. The van der Waals surface area contributed by atoms with Crippen LogP contribution in [-0.4, -0.2) is 19.0 Å². The molecule has 3 rings (SSSR count). The smallest absolute Gasteiger partial charge is 0.337 e. The fraction of sp³-hybridized carbons (Fsp3) is 0.100. The number of hydrogen-bond acceptors (Lipinski definition) is 5. The number of methoxy groups -OCH3 is 1. The number of amides is 1. The number of esters is 1. The number of halogens is 2. The number of anilines is 1. The van der Waals surface area contributed by atoms with Crippen molar-refractivity contribution in [3.05, 3.63) is 83.3 Å². The predicted octanol–water partition coefficient (Wildman–Crippen LogP) is 4.18. The molecular weight excluding hydrogens is 372 g/mol. The molecule has 0 spiro atoms. The third-order valence-corrected chi connectivity index (χ3v) is 3.72. The Hall–Kier alpha value is -3.68. The third-order valence-electron chi connectivity index (χ3n) is 3.72. The second-order valence-corrected chi connectivity index (χ2v) is 5.65. The summed E-state index contributed by atoms with van der Waals surface area (Å²) in [5.41, 5.74) is -0.0968. The summed E-state index contributed by atoms with van der Waals surface area (Å²) in [5, 5.41) is 2.34. The largest absolute Gasteiger partial charge is 0.486 e. The molecule has 0 bridgehead atoms. The first-order valence-electron chi connectivity index (χ1n) is 8.12. The molecule has 0 saturated carbocycles. The molecule has 144 valence electrons. The highest BCUT2D eigenvalue weighted by Gasteiger charge is 2.16. The van der Waals surface area contributed by atoms with Crippen molar-refractivity contribution in [3.8, 4) is 5.75 Å². The van der Waals surface area contributed by atoms with E-state index in [4.69, 9.17) is 9.15 Å². The van der Waals surface area contributed by atoms with Gasteiger partial charge in [-0.1, -0.05) is 0 Å². The predicted molar refractivity (Wildman–Crippen MR) is 95.1 cm³/mol. The Morgan fingerprint density at radius 2 is 1.79 bits per heavy atom. The molecule has 0 aliphatic heterocycles. The zero-order valence-corrected chi connectivity index (χ0v) is 14.7. The van der Waals surface area contributed by atoms with Gasteiger partial charge in [-0.25, -0.2) is 13.6 Å². The van der Waals surface area contributed by atoms with Gasteiger partial charge in [0, 0.05) is 0 Å². The van der Waals surface area contributed by atoms with Crippen LogP contribution in [0.3, 0.4) is 0 Å². The lowest BCUT2D eigenvalue weighted by Gasteiger charge is -2.07. The van der Waals surface area contributed by atoms with Crippen molar-refractivity contribution < 1.29 is 32.3 Å². The molecule has 8 heteroatoms. The summed E-state index contributed by atoms with van der Waals surface area (Å²) in [7, 11) is 1.20. The molecule has 3 aromatic rings. The molecule has 1 amide bonds. The van der Waals surface area contributed by atoms with E-state index in [1.54, 1.807) is 0 Å². The first kappa shape index (κ1) is 19.1. The van der Waals surface area contributed by atoms with Gasteiger partial charge in [-0.2, -0.15) is 0 Å². The van der Waals surface area contributed by atoms with E-state index in [1.165, 1.54) is 55.6 Å². The molecule has 0 radical (unpaired) electrons. The van der Waals surface area contributed by atoms with Crippen molar-refractivity contribution >= 4 is 17.6 Å². The maximum absolute atomic E-state index is 13.9. The van der Waals surface area contributed by atoms with Crippen LogP contribution in [0.1, 0.15) is 26.7 Å². The second kappa shape index (κ2) is 8.34. The normalized spacial score (nSPS) is 10.4. The van der Waals surface area contributed by atoms with Crippen LogP contribution < -0.4 is 10.1 Å². The SMILES string of the molecule is COC(=O)c1ccc(F)c(NC(=O)c2ccc(COc3ccc(F)cc3)o2)c1. The van der Waals surface area contributed by atoms with Gasteiger partial charge in [0.25, 0.3) is 5.91 Å². The summed E-state index contributed by atoms with van der Waals surface area (Å²) >= 11 is 0. The standard InChI is InChI=1S/C20H15F2NO5/c1-26-20(25)12-2-8-16(22)17(10-12)23-19(24)18-9-7-15(28-18)11-27-14-5-3-13(21)4-6-14/h2-10H,11H2,1H3,(H,23,24). The van der Waals surface area contributed by atoms with E-state index in [2.05, 4.69) is 10.1 Å². The monoisotopic (exact) mass is 387 g/mol. The Labute approximate surface area is 158 Å². The van der Waals surface area contributed by atoms with E-state index >= 15 is 0 Å². The van der Waals surface area contributed by atoms with Gasteiger partial charge < -0.3 is 19.2 Å². The number of furan rings is 1. The highest BCUT2D eigenvalue weighted by atomic mass is 19.1. The van der Waals surface area contributed by atoms with Crippen LogP contribution in [0.5, 0.6) is 5.75 Å². The maximum atomic E-state index is 13.9. The van der Waals surface area contributed by atoms with Gasteiger partial charge in [-0.15, -0.1) is 0 Å². The van der Waals surface area contributed by atoms with Gasteiger partial charge in [-0.05, 0) is 54.6 Å². The van der Waals surface area contributed by atoms with E-state index < -0.39 is 17.7 Å². The van der Waals surface area contributed by atoms with E-state index in [0.717, 1.165) is 6.07 Å². The Bertz CT molecular complexity index is 998. The minimum absolute atomic E-state index is 0.0189. The van der Waals surface area contributed by atoms with E-state index in [-0.39, 0.29) is 29.4 Å². The number of rotatable bonds is 6. The van der Waals surface area contributed by atoms with Crippen LogP contribution >= 0.6 is 0 Å². The quantitative estimate of drug-likeness (QED) is 0.642. The first-order chi connectivity index (χ1) is 13.5. The minimum Gasteiger partial charge on any atom is -0.486 e. The fourth-order valence-electron chi connectivity index (χ4n) is 2.31. The molecule has 1 heterocycles. The Morgan fingerprint density at radius 1 is 1.04 bits per heavy atom. The number of carbonyl (C=O) groups excluding carboxylic acids is 2. The topological polar surface area (TPSA) is 77.8 Å². The van der Waals surface area contributed by atoms with Crippen molar-refractivity contribution in [2.24, 2.45) is 0 Å². The molecule has 1 aromatic heterocycles. The van der Waals surface area contributed by atoms with Gasteiger partial charge >= 0.3 is 5.97 Å². The summed E-state index contributed by atoms with van der Waals surface area (Å²) in [6.07, 6.45) is 0. The molecule has 0 unspecified atom stereocenters. The van der Waals surface area contributed by atoms with Gasteiger partial charge in [0.15, 0.2) is 5.76 Å². The number of ether oxygens (including phenoxy) is 2. The number of hydrogen-bond donors (Lipinski definition) is 1. The summed E-state index contributed by atoms with van der Waals surface area (Å²) in [6.45, 7) is 0.0189. The number of carbonyl (C=O) groups is 2. The molecule has 2 aromatic carbocycles. The van der Waals surface area contributed by atoms with Crippen molar-refractivity contribution in [2.45, 2.75) is 6.61 Å². The molecule has 0 aliphatic rings. The van der Waals surface area contributed by atoms with Crippen LogP contribution in [0.25, 0.3) is 0 Å². The van der Waals surface area contributed by atoms with E-state index in [1.807, 2.05) is 0 Å². The molecule has 0 saturated heterocycles. The summed E-state index contributed by atoms with van der Waals surface area (Å²) in [5.74, 6) is -1.74. The average Bonchev–Trinajstić information content (AvgIpc) is 3.18. The highest BCUT2D eigenvalue weighted by molar-refractivity contribution is 6.03. The lowest BCUT2D eigenvalue weighted by Crippen LogP contribution is -2.13.